The van der Waals surface area contributed by atoms with E-state index in [9.17, 15) is 13.2 Å². The molecule has 7 nitrogen and oxygen atoms in total. The Balaban J connectivity index is 2.05. The lowest BCUT2D eigenvalue weighted by atomic mass is 10.2. The Labute approximate surface area is 124 Å². The molecule has 0 fully saturated rings. The predicted molar refractivity (Wildman–Crippen MR) is 79.0 cm³/mol. The summed E-state index contributed by atoms with van der Waals surface area (Å²) in [7, 11) is -3.87. The molecule has 2 heterocycles. The highest BCUT2D eigenvalue weighted by Gasteiger charge is 2.17. The first-order chi connectivity index (χ1) is 9.97. The van der Waals surface area contributed by atoms with Crippen LogP contribution in [0.1, 0.15) is 0 Å². The van der Waals surface area contributed by atoms with Crippen LogP contribution in [-0.2, 0) is 10.0 Å². The van der Waals surface area contributed by atoms with E-state index < -0.39 is 15.6 Å². The van der Waals surface area contributed by atoms with Crippen LogP contribution in [-0.4, -0.2) is 23.6 Å². The van der Waals surface area contributed by atoms with Crippen LogP contribution in [0.2, 0.25) is 5.02 Å². The van der Waals surface area contributed by atoms with E-state index in [1.54, 1.807) is 24.4 Å². The summed E-state index contributed by atoms with van der Waals surface area (Å²) < 4.78 is 27.0. The third-order valence-electron chi connectivity index (χ3n) is 2.86. The van der Waals surface area contributed by atoms with Gasteiger partial charge < -0.3 is 4.98 Å². The van der Waals surface area contributed by atoms with E-state index in [2.05, 4.69) is 19.9 Å². The van der Waals surface area contributed by atoms with Gasteiger partial charge in [0.05, 0.1) is 17.4 Å². The van der Waals surface area contributed by atoms with Crippen molar-refractivity contribution in [2.75, 3.05) is 4.72 Å². The average molecular weight is 325 g/mol. The Morgan fingerprint density at radius 2 is 2.10 bits per heavy atom. The first kappa shape index (κ1) is 13.7. The standard InChI is InChI=1S/C12H9ClN4O3S/c13-9-4-8(6-14-12(9)18)21(19,20)17-10-3-1-2-7-5-15-16-11(7)10/h1-6,17H,(H,14,18)(H,15,16). The molecule has 21 heavy (non-hydrogen) atoms. The number of hydrogen-bond acceptors (Lipinski definition) is 4. The average Bonchev–Trinajstić information content (AvgIpc) is 2.91. The first-order valence-electron chi connectivity index (χ1n) is 5.80. The minimum Gasteiger partial charge on any atom is -0.326 e. The summed E-state index contributed by atoms with van der Waals surface area (Å²) in [6, 6.07) is 6.20. The highest BCUT2D eigenvalue weighted by Crippen LogP contribution is 2.23. The Kier molecular flexibility index (Phi) is 3.19. The smallest absolute Gasteiger partial charge is 0.266 e. The molecule has 2 aromatic heterocycles. The lowest BCUT2D eigenvalue weighted by molar-refractivity contribution is 0.601. The van der Waals surface area contributed by atoms with Crippen molar-refractivity contribution >= 4 is 38.2 Å². The Bertz CT molecular complexity index is 977. The summed E-state index contributed by atoms with van der Waals surface area (Å²) in [4.78, 5) is 13.3. The molecule has 0 radical (unpaired) electrons. The minimum atomic E-state index is -3.87. The zero-order valence-electron chi connectivity index (χ0n) is 10.4. The number of nitrogens with one attached hydrogen (secondary N) is 3. The largest absolute Gasteiger partial charge is 0.326 e. The van der Waals surface area contributed by atoms with Gasteiger partial charge in [-0.05, 0) is 12.1 Å². The number of para-hydroxylation sites is 1. The second kappa shape index (κ2) is 4.90. The highest BCUT2D eigenvalue weighted by atomic mass is 35.5. The third kappa shape index (κ3) is 2.50. The van der Waals surface area contributed by atoms with E-state index in [4.69, 9.17) is 11.6 Å². The summed E-state index contributed by atoms with van der Waals surface area (Å²) >= 11 is 5.65. The van der Waals surface area contributed by atoms with Crippen LogP contribution in [0.5, 0.6) is 0 Å². The summed E-state index contributed by atoms with van der Waals surface area (Å²) in [5.41, 5.74) is 0.371. The van der Waals surface area contributed by atoms with Crippen molar-refractivity contribution in [1.82, 2.24) is 15.2 Å². The van der Waals surface area contributed by atoms with Crippen LogP contribution in [0.3, 0.4) is 0 Å². The molecule has 0 saturated carbocycles. The molecule has 0 amide bonds. The molecule has 0 bridgehead atoms. The van der Waals surface area contributed by atoms with Crippen LogP contribution in [0, 0.1) is 0 Å². The molecular formula is C12H9ClN4O3S. The van der Waals surface area contributed by atoms with Gasteiger partial charge in [0.25, 0.3) is 15.6 Å². The SMILES string of the molecule is O=c1[nH]cc(S(=O)(=O)Nc2cccc3cn[nH]c23)cc1Cl. The molecule has 0 aliphatic carbocycles. The fourth-order valence-corrected chi connectivity index (χ4v) is 3.15. The van der Waals surface area contributed by atoms with Gasteiger partial charge in [0, 0.05) is 11.6 Å². The number of hydrogen-bond donors (Lipinski definition) is 3. The molecule has 0 aliphatic heterocycles. The predicted octanol–water partition coefficient (Wildman–Crippen LogP) is 1.71. The molecular weight excluding hydrogens is 316 g/mol. The maximum absolute atomic E-state index is 12.3. The van der Waals surface area contributed by atoms with E-state index in [1.165, 1.54) is 0 Å². The molecule has 0 aliphatic rings. The van der Waals surface area contributed by atoms with Crippen molar-refractivity contribution < 1.29 is 8.42 Å². The van der Waals surface area contributed by atoms with Gasteiger partial charge in [-0.25, -0.2) is 8.42 Å². The quantitative estimate of drug-likeness (QED) is 0.681. The normalized spacial score (nSPS) is 11.7. The Hall–Kier alpha value is -2.32. The number of nitrogens with zero attached hydrogens (tertiary/aromatic N) is 1. The molecule has 0 spiro atoms. The van der Waals surface area contributed by atoms with E-state index in [0.717, 1.165) is 17.6 Å². The summed E-state index contributed by atoms with van der Waals surface area (Å²) in [6.07, 6.45) is 2.67. The zero-order valence-corrected chi connectivity index (χ0v) is 12.0. The summed E-state index contributed by atoms with van der Waals surface area (Å²) in [5.74, 6) is 0. The van der Waals surface area contributed by atoms with Crippen LogP contribution in [0.25, 0.3) is 10.9 Å². The number of benzene rings is 1. The lowest BCUT2D eigenvalue weighted by Gasteiger charge is -2.08. The van der Waals surface area contributed by atoms with Gasteiger partial charge in [-0.15, -0.1) is 0 Å². The molecule has 9 heteroatoms. The zero-order chi connectivity index (χ0) is 15.0. The van der Waals surface area contributed by atoms with Gasteiger partial charge in [0.1, 0.15) is 9.92 Å². The molecule has 3 aromatic rings. The van der Waals surface area contributed by atoms with Crippen molar-refractivity contribution in [2.24, 2.45) is 0 Å². The number of pyridine rings is 1. The van der Waals surface area contributed by atoms with Gasteiger partial charge in [-0.2, -0.15) is 5.10 Å². The van der Waals surface area contributed by atoms with E-state index >= 15 is 0 Å². The first-order valence-corrected chi connectivity index (χ1v) is 7.67. The fraction of sp³-hybridized carbons (Fsp3) is 0. The van der Waals surface area contributed by atoms with E-state index in [-0.39, 0.29) is 9.92 Å². The van der Waals surface area contributed by atoms with Crippen LogP contribution in [0.15, 0.2) is 46.3 Å². The number of aromatic nitrogens is 3. The third-order valence-corrected chi connectivity index (χ3v) is 4.49. The lowest BCUT2D eigenvalue weighted by Crippen LogP contribution is -2.16. The molecule has 1 aromatic carbocycles. The number of sulfonamides is 1. The van der Waals surface area contributed by atoms with Crippen molar-refractivity contribution in [3.8, 4) is 0 Å². The molecule has 3 rings (SSSR count). The summed E-state index contributed by atoms with van der Waals surface area (Å²) in [6.45, 7) is 0. The fourth-order valence-electron chi connectivity index (χ4n) is 1.85. The second-order valence-corrected chi connectivity index (χ2v) is 6.35. The van der Waals surface area contributed by atoms with Crippen molar-refractivity contribution in [3.63, 3.8) is 0 Å². The van der Waals surface area contributed by atoms with Crippen molar-refractivity contribution in [2.45, 2.75) is 4.90 Å². The number of H-pyrrole nitrogens is 2. The van der Waals surface area contributed by atoms with Crippen molar-refractivity contribution in [1.29, 1.82) is 0 Å². The number of anilines is 1. The van der Waals surface area contributed by atoms with Crippen LogP contribution < -0.4 is 10.3 Å². The number of rotatable bonds is 3. The highest BCUT2D eigenvalue weighted by molar-refractivity contribution is 7.92. The van der Waals surface area contributed by atoms with Gasteiger partial charge >= 0.3 is 0 Å². The molecule has 0 saturated heterocycles. The van der Waals surface area contributed by atoms with Gasteiger partial charge in [-0.3, -0.25) is 14.6 Å². The minimum absolute atomic E-state index is 0.136. The molecule has 0 unspecified atom stereocenters. The number of halogens is 1. The Morgan fingerprint density at radius 1 is 1.29 bits per heavy atom. The monoisotopic (exact) mass is 324 g/mol. The second-order valence-electron chi connectivity index (χ2n) is 4.26. The van der Waals surface area contributed by atoms with Gasteiger partial charge in [0.15, 0.2) is 0 Å². The molecule has 0 atom stereocenters. The summed E-state index contributed by atoms with van der Waals surface area (Å²) in [5, 5.41) is 7.16. The van der Waals surface area contributed by atoms with Crippen LogP contribution >= 0.6 is 11.6 Å². The topological polar surface area (TPSA) is 108 Å². The van der Waals surface area contributed by atoms with Gasteiger partial charge in [0.2, 0.25) is 0 Å². The van der Waals surface area contributed by atoms with E-state index in [1.807, 2.05) is 0 Å². The van der Waals surface area contributed by atoms with Gasteiger partial charge in [-0.1, -0.05) is 23.7 Å². The number of aromatic amines is 2. The van der Waals surface area contributed by atoms with Crippen molar-refractivity contribution in [3.05, 3.63) is 52.0 Å². The maximum atomic E-state index is 12.3. The Morgan fingerprint density at radius 3 is 2.86 bits per heavy atom. The molecule has 108 valence electrons. The maximum Gasteiger partial charge on any atom is 0.266 e. The number of fused-ring (bicyclic) bond motifs is 1. The molecule has 3 N–H and O–H groups in total. The van der Waals surface area contributed by atoms with Crippen LogP contribution in [0.4, 0.5) is 5.69 Å². The van der Waals surface area contributed by atoms with E-state index in [0.29, 0.717) is 11.2 Å².